The first-order valence-corrected chi connectivity index (χ1v) is 10.6. The number of nitrogens with zero attached hydrogens (tertiary/aromatic N) is 2. The van der Waals surface area contributed by atoms with Crippen LogP contribution < -0.4 is 19.6 Å². The Morgan fingerprint density at radius 2 is 1.77 bits per heavy atom. The highest BCUT2D eigenvalue weighted by Gasteiger charge is 2.20. The molecule has 0 saturated heterocycles. The number of halogens is 1. The van der Waals surface area contributed by atoms with E-state index in [1.807, 2.05) is 0 Å². The lowest BCUT2D eigenvalue weighted by Crippen LogP contribution is -2.33. The number of amides is 1. The number of hydrogen-bond donors (Lipinski definition) is 1. The van der Waals surface area contributed by atoms with E-state index in [1.54, 1.807) is 42.5 Å². The molecule has 3 rings (SSSR count). The van der Waals surface area contributed by atoms with E-state index in [4.69, 9.17) is 25.8 Å². The predicted molar refractivity (Wildman–Crippen MR) is 128 cm³/mol. The van der Waals surface area contributed by atoms with Gasteiger partial charge in [0.1, 0.15) is 0 Å². The van der Waals surface area contributed by atoms with Gasteiger partial charge in [-0.15, -0.1) is 0 Å². The summed E-state index contributed by atoms with van der Waals surface area (Å²) in [5.74, 6) is -0.860. The van der Waals surface area contributed by atoms with Gasteiger partial charge in [0.05, 0.1) is 28.8 Å². The summed E-state index contributed by atoms with van der Waals surface area (Å²) in [6, 6.07) is 16.9. The number of hydrogen-bond acceptors (Lipinski definition) is 8. The van der Waals surface area contributed by atoms with Crippen molar-refractivity contribution in [2.75, 3.05) is 7.11 Å². The molecule has 0 saturated carbocycles. The van der Waals surface area contributed by atoms with Crippen LogP contribution >= 0.6 is 11.6 Å². The van der Waals surface area contributed by atoms with Crippen LogP contribution in [0.5, 0.6) is 17.2 Å². The summed E-state index contributed by atoms with van der Waals surface area (Å²) in [5.41, 5.74) is 2.80. The Bertz CT molecular complexity index is 1280. The first-order chi connectivity index (χ1) is 16.8. The molecule has 0 unspecified atom stereocenters. The molecule has 10 nitrogen and oxygen atoms in total. The molecular weight excluding hydrogens is 478 g/mol. The number of methoxy groups -OCH3 is 1. The summed E-state index contributed by atoms with van der Waals surface area (Å²) in [6.07, 6.45) is 0.298. The number of carbonyl (C=O) groups excluding carboxylic acids is 2. The van der Waals surface area contributed by atoms with Crippen molar-refractivity contribution in [1.82, 2.24) is 5.43 Å². The maximum atomic E-state index is 12.4. The van der Waals surface area contributed by atoms with Crippen LogP contribution in [-0.4, -0.2) is 36.2 Å². The monoisotopic (exact) mass is 497 g/mol. The van der Waals surface area contributed by atoms with Crippen LogP contribution in [-0.2, 0) is 4.79 Å². The van der Waals surface area contributed by atoms with Crippen LogP contribution in [0.25, 0.3) is 0 Å². The minimum atomic E-state index is -1.05. The molecule has 1 N–H and O–H groups in total. The SMILES string of the molecule is COc1cc(/C=N\NC(=O)[C@@H](C)Oc2ccccc2[N+](=O)[O-])ccc1OC(=O)c1ccccc1Cl. The third-order valence-corrected chi connectivity index (χ3v) is 4.94. The smallest absolute Gasteiger partial charge is 0.345 e. The van der Waals surface area contributed by atoms with Crippen LogP contribution in [0.3, 0.4) is 0 Å². The van der Waals surface area contributed by atoms with Gasteiger partial charge in [0, 0.05) is 6.07 Å². The Morgan fingerprint density at radius 3 is 2.49 bits per heavy atom. The highest BCUT2D eigenvalue weighted by atomic mass is 35.5. The number of rotatable bonds is 9. The van der Waals surface area contributed by atoms with Gasteiger partial charge < -0.3 is 14.2 Å². The number of benzene rings is 3. The summed E-state index contributed by atoms with van der Waals surface area (Å²) in [6.45, 7) is 1.44. The van der Waals surface area contributed by atoms with Crippen LogP contribution in [0.2, 0.25) is 5.02 Å². The van der Waals surface area contributed by atoms with E-state index >= 15 is 0 Å². The molecule has 0 aliphatic carbocycles. The van der Waals surface area contributed by atoms with Crippen molar-refractivity contribution in [2.24, 2.45) is 5.10 Å². The number of carbonyl (C=O) groups is 2. The number of hydrazone groups is 1. The van der Waals surface area contributed by atoms with Gasteiger partial charge in [-0.2, -0.15) is 5.10 Å². The molecule has 3 aromatic rings. The molecule has 0 heterocycles. The number of nitro groups is 1. The molecule has 0 aliphatic heterocycles. The van der Waals surface area contributed by atoms with Crippen LogP contribution in [0.4, 0.5) is 5.69 Å². The maximum Gasteiger partial charge on any atom is 0.345 e. The highest BCUT2D eigenvalue weighted by molar-refractivity contribution is 6.33. The van der Waals surface area contributed by atoms with Gasteiger partial charge in [-0.3, -0.25) is 14.9 Å². The average molecular weight is 498 g/mol. The van der Waals surface area contributed by atoms with Crippen LogP contribution in [0.15, 0.2) is 71.8 Å². The quantitative estimate of drug-likeness (QED) is 0.152. The first-order valence-electron chi connectivity index (χ1n) is 10.2. The Morgan fingerprint density at radius 1 is 1.06 bits per heavy atom. The molecule has 180 valence electrons. The molecule has 0 aliphatic rings. The topological polar surface area (TPSA) is 129 Å². The molecule has 1 atom stereocenters. The number of nitro benzene ring substituents is 1. The predicted octanol–water partition coefficient (Wildman–Crippen LogP) is 4.39. The molecule has 0 spiro atoms. The van der Waals surface area contributed by atoms with Crippen molar-refractivity contribution >= 4 is 35.4 Å². The molecule has 3 aromatic carbocycles. The van der Waals surface area contributed by atoms with E-state index < -0.39 is 22.9 Å². The summed E-state index contributed by atoms with van der Waals surface area (Å²) < 4.78 is 16.1. The summed E-state index contributed by atoms with van der Waals surface area (Å²) in [5, 5.41) is 15.2. The molecule has 0 aromatic heterocycles. The molecule has 0 bridgehead atoms. The van der Waals surface area contributed by atoms with Gasteiger partial charge >= 0.3 is 11.7 Å². The summed E-state index contributed by atoms with van der Waals surface area (Å²) in [7, 11) is 1.41. The Kier molecular flexibility index (Phi) is 8.36. The molecule has 1 amide bonds. The van der Waals surface area contributed by atoms with Crippen molar-refractivity contribution < 1.29 is 28.7 Å². The van der Waals surface area contributed by atoms with Crippen molar-refractivity contribution in [1.29, 1.82) is 0 Å². The average Bonchev–Trinajstić information content (AvgIpc) is 2.85. The molecular formula is C24H20ClN3O7. The molecule has 0 fully saturated rings. The minimum absolute atomic E-state index is 0.0317. The first kappa shape index (κ1) is 25.2. The Balaban J connectivity index is 1.63. The van der Waals surface area contributed by atoms with E-state index in [1.165, 1.54) is 44.5 Å². The number of nitrogens with one attached hydrogen (secondary N) is 1. The number of ether oxygens (including phenoxy) is 3. The second kappa shape index (κ2) is 11.6. The third-order valence-electron chi connectivity index (χ3n) is 4.61. The lowest BCUT2D eigenvalue weighted by molar-refractivity contribution is -0.386. The summed E-state index contributed by atoms with van der Waals surface area (Å²) >= 11 is 6.03. The number of para-hydroxylation sites is 2. The van der Waals surface area contributed by atoms with Gasteiger partial charge in [0.25, 0.3) is 5.91 Å². The maximum absolute atomic E-state index is 12.4. The molecule has 35 heavy (non-hydrogen) atoms. The zero-order valence-corrected chi connectivity index (χ0v) is 19.4. The number of esters is 1. The lowest BCUT2D eigenvalue weighted by atomic mass is 10.2. The second-order valence-electron chi connectivity index (χ2n) is 7.00. The van der Waals surface area contributed by atoms with Crippen LogP contribution in [0, 0.1) is 10.1 Å². The summed E-state index contributed by atoms with van der Waals surface area (Å²) in [4.78, 5) is 35.2. The van der Waals surface area contributed by atoms with Crippen molar-refractivity contribution in [3.8, 4) is 17.2 Å². The van der Waals surface area contributed by atoms with E-state index in [2.05, 4.69) is 10.5 Å². The highest BCUT2D eigenvalue weighted by Crippen LogP contribution is 2.29. The fraction of sp³-hybridized carbons (Fsp3) is 0.125. The van der Waals surface area contributed by atoms with Crippen molar-refractivity contribution in [2.45, 2.75) is 13.0 Å². The van der Waals surface area contributed by atoms with E-state index in [9.17, 15) is 19.7 Å². The van der Waals surface area contributed by atoms with Gasteiger partial charge in [-0.1, -0.05) is 35.9 Å². The fourth-order valence-corrected chi connectivity index (χ4v) is 3.06. The van der Waals surface area contributed by atoms with E-state index in [-0.39, 0.29) is 33.5 Å². The molecule has 11 heteroatoms. The zero-order valence-electron chi connectivity index (χ0n) is 18.6. The lowest BCUT2D eigenvalue weighted by Gasteiger charge is -2.13. The third kappa shape index (κ3) is 6.55. The zero-order chi connectivity index (χ0) is 25.4. The minimum Gasteiger partial charge on any atom is -0.493 e. The van der Waals surface area contributed by atoms with Gasteiger partial charge in [0.15, 0.2) is 23.4 Å². The van der Waals surface area contributed by atoms with E-state index in [0.29, 0.717) is 5.56 Å². The Hall–Kier alpha value is -4.44. The molecule has 0 radical (unpaired) electrons. The van der Waals surface area contributed by atoms with Crippen molar-refractivity contribution in [3.63, 3.8) is 0 Å². The largest absolute Gasteiger partial charge is 0.493 e. The van der Waals surface area contributed by atoms with E-state index in [0.717, 1.165) is 0 Å². The van der Waals surface area contributed by atoms with Gasteiger partial charge in [-0.25, -0.2) is 10.2 Å². The Labute approximate surface area is 205 Å². The van der Waals surface area contributed by atoms with Crippen molar-refractivity contribution in [3.05, 3.63) is 93.0 Å². The van der Waals surface area contributed by atoms with Gasteiger partial charge in [0.2, 0.25) is 0 Å². The van der Waals surface area contributed by atoms with Gasteiger partial charge in [-0.05, 0) is 48.9 Å². The fourth-order valence-electron chi connectivity index (χ4n) is 2.84. The van der Waals surface area contributed by atoms with Crippen LogP contribution in [0.1, 0.15) is 22.8 Å². The standard InChI is InChI=1S/C24H20ClN3O7/c1-15(34-20-10-6-5-9-19(20)28(31)32)23(29)27-26-14-16-11-12-21(22(13-16)33-2)35-24(30)17-7-3-4-8-18(17)25/h3-15H,1-2H3,(H,27,29)/b26-14-/t15-/m1/s1. The normalized spacial score (nSPS) is 11.5. The second-order valence-corrected chi connectivity index (χ2v) is 7.41.